The quantitative estimate of drug-likeness (QED) is 0.729. The Bertz CT molecular complexity index is 257. The maximum Gasteiger partial charge on any atom is 0.239 e. The number of aliphatic hydroxyl groups excluding tert-OH is 1. The van der Waals surface area contributed by atoms with E-state index in [0.717, 1.165) is 38.8 Å². The molecule has 1 saturated heterocycles. The summed E-state index contributed by atoms with van der Waals surface area (Å²) in [6.45, 7) is 1.91. The number of hydrogen-bond donors (Lipinski definition) is 2. The summed E-state index contributed by atoms with van der Waals surface area (Å²) in [5, 5.41) is 9.26. The van der Waals surface area contributed by atoms with E-state index in [2.05, 4.69) is 0 Å². The number of nitrogens with zero attached hydrogens (tertiary/aromatic N) is 1. The van der Waals surface area contributed by atoms with Crippen LogP contribution in [0.1, 0.15) is 32.1 Å². The van der Waals surface area contributed by atoms with Crippen molar-refractivity contribution in [3.8, 4) is 0 Å². The molecule has 1 aliphatic heterocycles. The van der Waals surface area contributed by atoms with Gasteiger partial charge in [0.15, 0.2) is 0 Å². The third-order valence-corrected chi connectivity index (χ3v) is 4.08. The van der Waals surface area contributed by atoms with Gasteiger partial charge in [-0.25, -0.2) is 0 Å². The molecule has 3 unspecified atom stereocenters. The Kier molecular flexibility index (Phi) is 3.82. The van der Waals surface area contributed by atoms with E-state index < -0.39 is 0 Å². The number of carbonyl (C=O) groups is 1. The van der Waals surface area contributed by atoms with Crippen molar-refractivity contribution in [1.29, 1.82) is 0 Å². The molecular formula is C12H22N2O2. The first-order valence-electron chi connectivity index (χ1n) is 6.37. The van der Waals surface area contributed by atoms with Gasteiger partial charge < -0.3 is 15.7 Å². The van der Waals surface area contributed by atoms with Gasteiger partial charge in [-0.15, -0.1) is 0 Å². The third kappa shape index (κ3) is 2.38. The highest BCUT2D eigenvalue weighted by Crippen LogP contribution is 2.32. The number of rotatable bonds is 3. The van der Waals surface area contributed by atoms with Crippen LogP contribution in [0, 0.1) is 11.8 Å². The molecule has 3 N–H and O–H groups in total. The van der Waals surface area contributed by atoms with Gasteiger partial charge in [-0.3, -0.25) is 4.79 Å². The number of hydrogen-bond acceptors (Lipinski definition) is 3. The van der Waals surface area contributed by atoms with Crippen molar-refractivity contribution in [3.05, 3.63) is 0 Å². The monoisotopic (exact) mass is 226 g/mol. The van der Waals surface area contributed by atoms with Crippen LogP contribution in [-0.2, 0) is 4.79 Å². The average molecular weight is 226 g/mol. The van der Waals surface area contributed by atoms with Crippen LogP contribution in [0.4, 0.5) is 0 Å². The largest absolute Gasteiger partial charge is 0.396 e. The summed E-state index contributed by atoms with van der Waals surface area (Å²) < 4.78 is 0. The molecule has 0 aromatic carbocycles. The molecule has 0 aromatic rings. The molecule has 0 aromatic heterocycles. The molecule has 4 heteroatoms. The van der Waals surface area contributed by atoms with Gasteiger partial charge in [0.05, 0.1) is 6.04 Å². The lowest BCUT2D eigenvalue weighted by Gasteiger charge is -2.33. The molecule has 1 heterocycles. The molecule has 1 saturated carbocycles. The van der Waals surface area contributed by atoms with E-state index >= 15 is 0 Å². The van der Waals surface area contributed by atoms with Crippen molar-refractivity contribution >= 4 is 5.91 Å². The molecule has 2 aliphatic rings. The van der Waals surface area contributed by atoms with Crippen LogP contribution in [0.15, 0.2) is 0 Å². The first-order valence-corrected chi connectivity index (χ1v) is 6.37. The summed E-state index contributed by atoms with van der Waals surface area (Å²) >= 11 is 0. The zero-order valence-corrected chi connectivity index (χ0v) is 9.77. The van der Waals surface area contributed by atoms with Gasteiger partial charge in [0.25, 0.3) is 0 Å². The molecule has 92 valence electrons. The molecule has 2 rings (SSSR count). The average Bonchev–Trinajstić information content (AvgIpc) is 2.72. The highest BCUT2D eigenvalue weighted by Gasteiger charge is 2.32. The van der Waals surface area contributed by atoms with Gasteiger partial charge >= 0.3 is 0 Å². The molecule has 1 aliphatic carbocycles. The predicted octanol–water partition coefficient (Wildman–Crippen LogP) is 0.345. The maximum atomic E-state index is 11.8. The SMILES string of the molecule is NC1CCCN(CC2CCCC2CO)C1=O. The standard InChI is InChI=1S/C12H22N2O2/c13-11-5-2-6-14(12(11)16)7-9-3-1-4-10(9)8-15/h9-11,15H,1-8,13H2. The lowest BCUT2D eigenvalue weighted by Crippen LogP contribution is -2.50. The minimum Gasteiger partial charge on any atom is -0.396 e. The molecule has 0 bridgehead atoms. The van der Waals surface area contributed by atoms with Crippen molar-refractivity contribution in [1.82, 2.24) is 4.90 Å². The minimum atomic E-state index is -0.289. The van der Waals surface area contributed by atoms with E-state index in [1.807, 2.05) is 4.90 Å². The number of carbonyl (C=O) groups excluding carboxylic acids is 1. The second-order valence-electron chi connectivity index (χ2n) is 5.17. The third-order valence-electron chi connectivity index (χ3n) is 4.08. The lowest BCUT2D eigenvalue weighted by atomic mass is 9.95. The smallest absolute Gasteiger partial charge is 0.239 e. The van der Waals surface area contributed by atoms with Crippen LogP contribution < -0.4 is 5.73 Å². The molecule has 1 amide bonds. The molecule has 3 atom stereocenters. The summed E-state index contributed by atoms with van der Waals surface area (Å²) in [7, 11) is 0. The van der Waals surface area contributed by atoms with Crippen LogP contribution in [0.2, 0.25) is 0 Å². The first-order chi connectivity index (χ1) is 7.72. The highest BCUT2D eigenvalue weighted by molar-refractivity contribution is 5.82. The Morgan fingerprint density at radius 2 is 2.00 bits per heavy atom. The molecular weight excluding hydrogens is 204 g/mol. The summed E-state index contributed by atoms with van der Waals surface area (Å²) in [4.78, 5) is 13.8. The summed E-state index contributed by atoms with van der Waals surface area (Å²) in [6, 6.07) is -0.289. The fourth-order valence-corrected chi connectivity index (χ4v) is 3.03. The highest BCUT2D eigenvalue weighted by atomic mass is 16.3. The van der Waals surface area contributed by atoms with Crippen LogP contribution in [0.25, 0.3) is 0 Å². The van der Waals surface area contributed by atoms with Gasteiger partial charge in [0.1, 0.15) is 0 Å². The Morgan fingerprint density at radius 1 is 1.25 bits per heavy atom. The second-order valence-corrected chi connectivity index (χ2v) is 5.17. The number of amides is 1. The van der Waals surface area contributed by atoms with Crippen LogP contribution >= 0.6 is 0 Å². The van der Waals surface area contributed by atoms with Crippen molar-refractivity contribution in [2.75, 3.05) is 19.7 Å². The van der Waals surface area contributed by atoms with Crippen LogP contribution in [0.3, 0.4) is 0 Å². The number of aliphatic hydroxyl groups is 1. The Hall–Kier alpha value is -0.610. The van der Waals surface area contributed by atoms with Crippen molar-refractivity contribution in [2.24, 2.45) is 17.6 Å². The zero-order valence-electron chi connectivity index (χ0n) is 9.77. The normalized spacial score (nSPS) is 35.8. The van der Waals surface area contributed by atoms with Gasteiger partial charge in [-0.1, -0.05) is 6.42 Å². The first kappa shape index (κ1) is 11.9. The van der Waals surface area contributed by atoms with E-state index in [1.54, 1.807) is 0 Å². The molecule has 16 heavy (non-hydrogen) atoms. The fourth-order valence-electron chi connectivity index (χ4n) is 3.03. The van der Waals surface area contributed by atoms with E-state index in [1.165, 1.54) is 6.42 Å². The summed E-state index contributed by atoms with van der Waals surface area (Å²) in [6.07, 6.45) is 5.27. The van der Waals surface area contributed by atoms with Gasteiger partial charge in [-0.05, 0) is 37.5 Å². The van der Waals surface area contributed by atoms with E-state index in [9.17, 15) is 9.90 Å². The Labute approximate surface area is 96.8 Å². The topological polar surface area (TPSA) is 66.6 Å². The molecule has 2 fully saturated rings. The van der Waals surface area contributed by atoms with Gasteiger partial charge in [-0.2, -0.15) is 0 Å². The molecule has 0 radical (unpaired) electrons. The molecule has 4 nitrogen and oxygen atoms in total. The predicted molar refractivity (Wildman–Crippen MR) is 61.7 cm³/mol. The lowest BCUT2D eigenvalue weighted by molar-refractivity contribution is -0.135. The van der Waals surface area contributed by atoms with Crippen LogP contribution in [0.5, 0.6) is 0 Å². The van der Waals surface area contributed by atoms with E-state index in [0.29, 0.717) is 11.8 Å². The van der Waals surface area contributed by atoms with Gasteiger partial charge in [0, 0.05) is 19.7 Å². The second kappa shape index (κ2) is 5.15. The Morgan fingerprint density at radius 3 is 2.75 bits per heavy atom. The van der Waals surface area contributed by atoms with Crippen molar-refractivity contribution in [3.63, 3.8) is 0 Å². The van der Waals surface area contributed by atoms with E-state index in [4.69, 9.17) is 5.73 Å². The molecule has 0 spiro atoms. The number of likely N-dealkylation sites (tertiary alicyclic amines) is 1. The summed E-state index contributed by atoms with van der Waals surface area (Å²) in [5.74, 6) is 0.986. The summed E-state index contributed by atoms with van der Waals surface area (Å²) in [5.41, 5.74) is 5.77. The Balaban J connectivity index is 1.90. The fraction of sp³-hybridized carbons (Fsp3) is 0.917. The maximum absolute atomic E-state index is 11.8. The van der Waals surface area contributed by atoms with Crippen molar-refractivity contribution in [2.45, 2.75) is 38.1 Å². The zero-order chi connectivity index (χ0) is 11.5. The van der Waals surface area contributed by atoms with Crippen LogP contribution in [-0.4, -0.2) is 41.7 Å². The van der Waals surface area contributed by atoms with Crippen molar-refractivity contribution < 1.29 is 9.90 Å². The minimum absolute atomic E-state index is 0.106. The van der Waals surface area contributed by atoms with Gasteiger partial charge in [0.2, 0.25) is 5.91 Å². The van der Waals surface area contributed by atoms with E-state index in [-0.39, 0.29) is 18.6 Å². The number of nitrogens with two attached hydrogens (primary N) is 1. The number of piperidine rings is 1.